The number of nitrogens with zero attached hydrogens (tertiary/aromatic N) is 3. The number of urea groups is 1. The normalized spacial score (nSPS) is 16.5. The largest absolute Gasteiger partial charge is 0.447 e. The zero-order valence-corrected chi connectivity index (χ0v) is 15.5. The number of para-hydroxylation sites is 2. The fourth-order valence-corrected chi connectivity index (χ4v) is 3.59. The number of benzene rings is 2. The smallest absolute Gasteiger partial charge is 0.322 e. The molecule has 1 aromatic heterocycles. The molecular weight excluding hydrogens is 356 g/mol. The van der Waals surface area contributed by atoms with Crippen molar-refractivity contribution < 1.29 is 14.3 Å². The van der Waals surface area contributed by atoms with E-state index >= 15 is 0 Å². The molecule has 1 fully saturated rings. The molecule has 3 aromatic rings. The Morgan fingerprint density at radius 1 is 1.07 bits per heavy atom. The predicted molar refractivity (Wildman–Crippen MR) is 104 cm³/mol. The summed E-state index contributed by atoms with van der Waals surface area (Å²) < 4.78 is 13.8. The van der Waals surface area contributed by atoms with Crippen molar-refractivity contribution >= 4 is 11.7 Å². The lowest BCUT2D eigenvalue weighted by atomic mass is 10.2. The zero-order valence-electron chi connectivity index (χ0n) is 15.5. The van der Waals surface area contributed by atoms with Crippen molar-refractivity contribution in [2.24, 2.45) is 0 Å². The zero-order chi connectivity index (χ0) is 19.1. The minimum Gasteiger partial charge on any atom is -0.447 e. The quantitative estimate of drug-likeness (QED) is 0.742. The van der Waals surface area contributed by atoms with E-state index in [1.807, 2.05) is 67.7 Å². The Labute approximate surface area is 162 Å². The Bertz CT molecular complexity index is 1000. The van der Waals surface area contributed by atoms with Gasteiger partial charge in [0.2, 0.25) is 0 Å². The van der Waals surface area contributed by atoms with Crippen LogP contribution in [0.4, 0.5) is 10.5 Å². The highest BCUT2D eigenvalue weighted by Crippen LogP contribution is 2.42. The molecule has 7 nitrogen and oxygen atoms in total. The first-order valence-electron chi connectivity index (χ1n) is 9.26. The van der Waals surface area contributed by atoms with E-state index in [4.69, 9.17) is 9.47 Å². The summed E-state index contributed by atoms with van der Waals surface area (Å²) >= 11 is 0. The molecule has 1 N–H and O–H groups in total. The van der Waals surface area contributed by atoms with E-state index in [0.29, 0.717) is 19.5 Å². The third-order valence-corrected chi connectivity index (χ3v) is 5.03. The van der Waals surface area contributed by atoms with Gasteiger partial charge in [0.15, 0.2) is 11.5 Å². The molecule has 0 saturated carbocycles. The standard InChI is InChI=1S/C21H20N4O3/c1-15-10-12-25(23-15)17-8-6-16(7-9-17)22-20(26)24-13-11-21(14-24)27-18-4-2-3-5-19(18)28-21/h2-10,12H,11,13-14H2,1H3,(H,22,26). The van der Waals surface area contributed by atoms with Crippen LogP contribution in [0.1, 0.15) is 12.1 Å². The first kappa shape index (κ1) is 16.7. The van der Waals surface area contributed by atoms with Gasteiger partial charge in [-0.1, -0.05) is 12.1 Å². The molecule has 2 aliphatic rings. The van der Waals surface area contributed by atoms with Gasteiger partial charge in [0, 0.05) is 24.8 Å². The van der Waals surface area contributed by atoms with Gasteiger partial charge in [-0.2, -0.15) is 5.10 Å². The molecule has 2 aliphatic heterocycles. The molecule has 2 amide bonds. The maximum absolute atomic E-state index is 12.7. The number of aromatic nitrogens is 2. The summed E-state index contributed by atoms with van der Waals surface area (Å²) in [5.74, 6) is 0.687. The number of hydrogen-bond donors (Lipinski definition) is 1. The summed E-state index contributed by atoms with van der Waals surface area (Å²) in [5.41, 5.74) is 2.63. The number of likely N-dealkylation sites (tertiary alicyclic amines) is 1. The maximum Gasteiger partial charge on any atom is 0.322 e. The van der Waals surface area contributed by atoms with Gasteiger partial charge in [0.1, 0.15) is 0 Å². The Morgan fingerprint density at radius 2 is 1.79 bits per heavy atom. The van der Waals surface area contributed by atoms with Crippen molar-refractivity contribution in [3.05, 3.63) is 66.5 Å². The van der Waals surface area contributed by atoms with Crippen LogP contribution < -0.4 is 14.8 Å². The van der Waals surface area contributed by atoms with Crippen molar-refractivity contribution in [1.82, 2.24) is 14.7 Å². The molecule has 0 unspecified atom stereocenters. The molecule has 142 valence electrons. The summed E-state index contributed by atoms with van der Waals surface area (Å²) in [6.07, 6.45) is 2.54. The lowest BCUT2D eigenvalue weighted by Crippen LogP contribution is -2.43. The summed E-state index contributed by atoms with van der Waals surface area (Å²) in [6.45, 7) is 2.91. The van der Waals surface area contributed by atoms with Crippen LogP contribution in [0, 0.1) is 6.92 Å². The molecular formula is C21H20N4O3. The van der Waals surface area contributed by atoms with E-state index in [1.54, 1.807) is 9.58 Å². The monoisotopic (exact) mass is 376 g/mol. The highest BCUT2D eigenvalue weighted by molar-refractivity contribution is 5.89. The second-order valence-electron chi connectivity index (χ2n) is 7.11. The van der Waals surface area contributed by atoms with Crippen LogP contribution in [-0.2, 0) is 0 Å². The van der Waals surface area contributed by atoms with Crippen molar-refractivity contribution in [3.63, 3.8) is 0 Å². The van der Waals surface area contributed by atoms with Crippen molar-refractivity contribution in [2.75, 3.05) is 18.4 Å². The van der Waals surface area contributed by atoms with Gasteiger partial charge in [-0.15, -0.1) is 0 Å². The van der Waals surface area contributed by atoms with Crippen LogP contribution in [0.15, 0.2) is 60.8 Å². The molecule has 7 heteroatoms. The lowest BCUT2D eigenvalue weighted by Gasteiger charge is -2.23. The van der Waals surface area contributed by atoms with Crippen LogP contribution in [0.2, 0.25) is 0 Å². The highest BCUT2D eigenvalue weighted by atomic mass is 16.7. The van der Waals surface area contributed by atoms with E-state index in [9.17, 15) is 4.79 Å². The molecule has 3 heterocycles. The molecule has 0 atom stereocenters. The summed E-state index contributed by atoms with van der Waals surface area (Å²) in [4.78, 5) is 14.4. The minimum atomic E-state index is -0.775. The van der Waals surface area contributed by atoms with Crippen LogP contribution in [0.25, 0.3) is 5.69 Å². The fraction of sp³-hybridized carbons (Fsp3) is 0.238. The minimum absolute atomic E-state index is 0.164. The van der Waals surface area contributed by atoms with Gasteiger partial charge >= 0.3 is 6.03 Å². The Balaban J connectivity index is 1.23. The van der Waals surface area contributed by atoms with Crippen molar-refractivity contribution in [1.29, 1.82) is 0 Å². The van der Waals surface area contributed by atoms with E-state index in [0.717, 1.165) is 28.6 Å². The van der Waals surface area contributed by atoms with Crippen LogP contribution in [-0.4, -0.2) is 39.6 Å². The molecule has 1 saturated heterocycles. The van der Waals surface area contributed by atoms with Crippen molar-refractivity contribution in [2.45, 2.75) is 19.1 Å². The summed E-state index contributed by atoms with van der Waals surface area (Å²) in [5, 5.41) is 7.33. The van der Waals surface area contributed by atoms with Gasteiger partial charge < -0.3 is 19.7 Å². The van der Waals surface area contributed by atoms with Gasteiger partial charge in [-0.05, 0) is 49.4 Å². The van der Waals surface area contributed by atoms with E-state index in [2.05, 4.69) is 10.4 Å². The molecule has 28 heavy (non-hydrogen) atoms. The van der Waals surface area contributed by atoms with Gasteiger partial charge in [-0.3, -0.25) is 0 Å². The average molecular weight is 376 g/mol. The second-order valence-corrected chi connectivity index (χ2v) is 7.11. The number of carbonyl (C=O) groups is 1. The van der Waals surface area contributed by atoms with E-state index in [1.165, 1.54) is 0 Å². The third-order valence-electron chi connectivity index (χ3n) is 5.03. The Kier molecular flexibility index (Phi) is 3.75. The first-order valence-corrected chi connectivity index (χ1v) is 9.26. The number of ether oxygens (including phenoxy) is 2. The molecule has 0 aliphatic carbocycles. The van der Waals surface area contributed by atoms with E-state index < -0.39 is 5.79 Å². The maximum atomic E-state index is 12.7. The number of hydrogen-bond acceptors (Lipinski definition) is 4. The van der Waals surface area contributed by atoms with Gasteiger partial charge in [0.05, 0.1) is 17.9 Å². The molecule has 0 bridgehead atoms. The lowest BCUT2D eigenvalue weighted by molar-refractivity contribution is -0.0647. The Morgan fingerprint density at radius 3 is 2.43 bits per heavy atom. The van der Waals surface area contributed by atoms with Gasteiger partial charge in [0.25, 0.3) is 5.79 Å². The topological polar surface area (TPSA) is 68.6 Å². The Hall–Kier alpha value is -3.48. The first-order chi connectivity index (χ1) is 13.6. The second kappa shape index (κ2) is 6.30. The number of rotatable bonds is 2. The van der Waals surface area contributed by atoms with Crippen molar-refractivity contribution in [3.8, 4) is 17.2 Å². The third kappa shape index (κ3) is 2.94. The summed E-state index contributed by atoms with van der Waals surface area (Å²) in [7, 11) is 0. The number of nitrogens with one attached hydrogen (secondary N) is 1. The van der Waals surface area contributed by atoms with Gasteiger partial charge in [-0.25, -0.2) is 9.48 Å². The average Bonchev–Trinajstić information content (AvgIpc) is 3.40. The number of fused-ring (bicyclic) bond motifs is 1. The predicted octanol–water partition coefficient (Wildman–Crippen LogP) is 3.59. The number of amides is 2. The molecule has 2 aromatic carbocycles. The highest BCUT2D eigenvalue weighted by Gasteiger charge is 2.48. The van der Waals surface area contributed by atoms with Crippen LogP contribution in [0.5, 0.6) is 11.5 Å². The number of carbonyl (C=O) groups excluding carboxylic acids is 1. The summed E-state index contributed by atoms with van der Waals surface area (Å²) in [6, 6.07) is 17.0. The fourth-order valence-electron chi connectivity index (χ4n) is 3.59. The van der Waals surface area contributed by atoms with Crippen LogP contribution in [0.3, 0.4) is 0 Å². The van der Waals surface area contributed by atoms with Crippen LogP contribution >= 0.6 is 0 Å². The SMILES string of the molecule is Cc1ccn(-c2ccc(NC(=O)N3CCC4(C3)Oc3ccccc3O4)cc2)n1. The van der Waals surface area contributed by atoms with E-state index in [-0.39, 0.29) is 6.03 Å². The molecule has 5 rings (SSSR count). The number of aryl methyl sites for hydroxylation is 1. The number of anilines is 1. The molecule has 1 spiro atoms. The molecule has 0 radical (unpaired) electrons.